The third kappa shape index (κ3) is 4.64. The Morgan fingerprint density at radius 1 is 1.05 bits per heavy atom. The Morgan fingerprint density at radius 2 is 1.73 bits per heavy atom. The lowest BCUT2D eigenvalue weighted by molar-refractivity contribution is 0.239. The average molecular weight is 338 g/mol. The van der Waals surface area contributed by atoms with Gasteiger partial charge in [0.2, 0.25) is 0 Å². The van der Waals surface area contributed by atoms with E-state index in [9.17, 15) is 0 Å². The van der Waals surface area contributed by atoms with Crippen LogP contribution < -0.4 is 10.1 Å². The van der Waals surface area contributed by atoms with E-state index in [0.717, 1.165) is 5.56 Å². The molecule has 0 fully saturated rings. The predicted molar refractivity (Wildman–Crippen MR) is 93.9 cm³/mol. The maximum absolute atomic E-state index is 6.27. The van der Waals surface area contributed by atoms with Crippen molar-refractivity contribution in [2.24, 2.45) is 0 Å². The number of hydrogen-bond acceptors (Lipinski definition) is 2. The van der Waals surface area contributed by atoms with Gasteiger partial charge in [0, 0.05) is 23.2 Å². The van der Waals surface area contributed by atoms with Crippen LogP contribution in [-0.2, 0) is 6.54 Å². The molecule has 2 nitrogen and oxygen atoms in total. The van der Waals surface area contributed by atoms with Crippen LogP contribution in [0.3, 0.4) is 0 Å². The fourth-order valence-corrected chi connectivity index (χ4v) is 2.82. The zero-order valence-corrected chi connectivity index (χ0v) is 14.6. The molecule has 0 aliphatic heterocycles. The first-order chi connectivity index (χ1) is 10.5. The van der Waals surface area contributed by atoms with E-state index in [1.165, 1.54) is 5.56 Å². The molecule has 0 bridgehead atoms. The summed E-state index contributed by atoms with van der Waals surface area (Å²) < 4.78 is 5.84. The summed E-state index contributed by atoms with van der Waals surface area (Å²) in [6.07, 6.45) is 0.0592. The fourth-order valence-electron chi connectivity index (χ4n) is 2.24. The van der Waals surface area contributed by atoms with Crippen LogP contribution in [-0.4, -0.2) is 6.10 Å². The smallest absolute Gasteiger partial charge is 0.142 e. The van der Waals surface area contributed by atoms with Crippen molar-refractivity contribution in [3.8, 4) is 5.75 Å². The van der Waals surface area contributed by atoms with Crippen molar-refractivity contribution in [3.63, 3.8) is 0 Å². The van der Waals surface area contributed by atoms with Crippen molar-refractivity contribution in [3.05, 3.63) is 63.6 Å². The van der Waals surface area contributed by atoms with Gasteiger partial charge in [0.25, 0.3) is 0 Å². The van der Waals surface area contributed by atoms with Crippen LogP contribution >= 0.6 is 23.2 Å². The van der Waals surface area contributed by atoms with Crippen LogP contribution in [0.25, 0.3) is 0 Å². The second-order valence-electron chi connectivity index (χ2n) is 5.56. The third-order valence-electron chi connectivity index (χ3n) is 3.34. The monoisotopic (exact) mass is 337 g/mol. The Hall–Kier alpha value is -1.22. The van der Waals surface area contributed by atoms with E-state index in [4.69, 9.17) is 27.9 Å². The molecule has 1 unspecified atom stereocenters. The van der Waals surface area contributed by atoms with Crippen LogP contribution in [0.2, 0.25) is 10.0 Å². The van der Waals surface area contributed by atoms with E-state index in [2.05, 4.69) is 24.4 Å². The van der Waals surface area contributed by atoms with Crippen molar-refractivity contribution in [1.82, 2.24) is 5.32 Å². The largest absolute Gasteiger partial charge is 0.489 e. The quantitative estimate of drug-likeness (QED) is 0.737. The van der Waals surface area contributed by atoms with Gasteiger partial charge in [-0.1, -0.05) is 53.5 Å². The van der Waals surface area contributed by atoms with Gasteiger partial charge >= 0.3 is 0 Å². The Kier molecular flexibility index (Phi) is 6.13. The Bertz CT molecular complexity index is 614. The molecule has 22 heavy (non-hydrogen) atoms. The van der Waals surface area contributed by atoms with Crippen molar-refractivity contribution in [2.75, 3.05) is 0 Å². The minimum Gasteiger partial charge on any atom is -0.489 e. The Morgan fingerprint density at radius 3 is 2.36 bits per heavy atom. The maximum atomic E-state index is 6.27. The molecule has 4 heteroatoms. The summed E-state index contributed by atoms with van der Waals surface area (Å²) in [5.41, 5.74) is 2.20. The highest BCUT2D eigenvalue weighted by atomic mass is 35.5. The summed E-state index contributed by atoms with van der Waals surface area (Å²) in [5.74, 6) is 0.703. The Labute approximate surface area is 142 Å². The number of ether oxygens (including phenoxy) is 1. The summed E-state index contributed by atoms with van der Waals surface area (Å²) in [4.78, 5) is 0. The third-order valence-corrected chi connectivity index (χ3v) is 3.84. The number of nitrogens with one attached hydrogen (secondary N) is 1. The zero-order valence-electron chi connectivity index (χ0n) is 13.1. The second-order valence-corrected chi connectivity index (χ2v) is 6.40. The molecule has 118 valence electrons. The number of rotatable bonds is 6. The highest BCUT2D eigenvalue weighted by Crippen LogP contribution is 2.33. The molecule has 0 saturated heterocycles. The lowest BCUT2D eigenvalue weighted by atomic mass is 10.1. The minimum atomic E-state index is 0.0592. The van der Waals surface area contributed by atoms with Gasteiger partial charge in [-0.2, -0.15) is 0 Å². The lowest BCUT2D eigenvalue weighted by Gasteiger charge is -2.19. The summed E-state index contributed by atoms with van der Waals surface area (Å²) in [7, 11) is 0. The van der Waals surface area contributed by atoms with E-state index < -0.39 is 0 Å². The molecule has 0 amide bonds. The predicted octanol–water partition coefficient (Wildman–Crippen LogP) is 5.63. The highest BCUT2D eigenvalue weighted by Gasteiger charge is 2.13. The topological polar surface area (TPSA) is 21.3 Å². The van der Waals surface area contributed by atoms with Crippen LogP contribution in [0.15, 0.2) is 42.5 Å². The van der Waals surface area contributed by atoms with Gasteiger partial charge in [0.1, 0.15) is 5.75 Å². The molecule has 0 radical (unpaired) electrons. The SMILES string of the molecule is CC(C)Oc1c(Cl)cc(Cl)cc1CNC(C)c1ccccc1. The van der Waals surface area contributed by atoms with E-state index >= 15 is 0 Å². The molecule has 0 saturated carbocycles. The van der Waals surface area contributed by atoms with Gasteiger partial charge < -0.3 is 10.1 Å². The molecule has 2 rings (SSSR count). The fraction of sp³-hybridized carbons (Fsp3) is 0.333. The molecular formula is C18H21Cl2NO. The molecule has 0 aliphatic carbocycles. The average Bonchev–Trinajstić information content (AvgIpc) is 2.48. The molecule has 1 N–H and O–H groups in total. The van der Waals surface area contributed by atoms with Crippen LogP contribution in [0.4, 0.5) is 0 Å². The first kappa shape index (κ1) is 17.1. The molecule has 2 aromatic rings. The standard InChI is InChI=1S/C18H21Cl2NO/c1-12(2)22-18-15(9-16(19)10-17(18)20)11-21-13(3)14-7-5-4-6-8-14/h4-10,12-13,21H,11H2,1-3H3. The molecule has 2 aromatic carbocycles. The normalized spacial score (nSPS) is 12.5. The first-order valence-corrected chi connectivity index (χ1v) is 8.16. The molecule has 1 atom stereocenters. The van der Waals surface area contributed by atoms with Crippen LogP contribution in [0.1, 0.15) is 37.9 Å². The minimum absolute atomic E-state index is 0.0592. The number of benzene rings is 2. The highest BCUT2D eigenvalue weighted by molar-refractivity contribution is 6.35. The van der Waals surface area contributed by atoms with E-state index in [1.807, 2.05) is 38.1 Å². The van der Waals surface area contributed by atoms with Crippen molar-refractivity contribution in [1.29, 1.82) is 0 Å². The van der Waals surface area contributed by atoms with Crippen molar-refractivity contribution >= 4 is 23.2 Å². The maximum Gasteiger partial charge on any atom is 0.142 e. The van der Waals surface area contributed by atoms with E-state index in [-0.39, 0.29) is 12.1 Å². The molecule has 0 aliphatic rings. The zero-order chi connectivity index (χ0) is 16.1. The summed E-state index contributed by atoms with van der Waals surface area (Å²) in [5, 5.41) is 4.65. The molecule has 0 aromatic heterocycles. The summed E-state index contributed by atoms with van der Waals surface area (Å²) in [6, 6.07) is 14.1. The van der Waals surface area contributed by atoms with E-state index in [1.54, 1.807) is 6.07 Å². The number of halogens is 2. The molecule has 0 heterocycles. The summed E-state index contributed by atoms with van der Waals surface area (Å²) in [6.45, 7) is 6.73. The molecular weight excluding hydrogens is 317 g/mol. The molecule has 0 spiro atoms. The van der Waals surface area contributed by atoms with Gasteiger partial charge in [-0.3, -0.25) is 0 Å². The van der Waals surface area contributed by atoms with Crippen molar-refractivity contribution in [2.45, 2.75) is 39.5 Å². The van der Waals surface area contributed by atoms with Crippen molar-refractivity contribution < 1.29 is 4.74 Å². The summed E-state index contributed by atoms with van der Waals surface area (Å²) >= 11 is 12.4. The second kappa shape index (κ2) is 7.87. The first-order valence-electron chi connectivity index (χ1n) is 7.40. The van der Waals surface area contributed by atoms with Gasteiger partial charge in [-0.15, -0.1) is 0 Å². The number of hydrogen-bond donors (Lipinski definition) is 1. The van der Waals surface area contributed by atoms with Gasteiger partial charge in [-0.25, -0.2) is 0 Å². The van der Waals surface area contributed by atoms with Crippen LogP contribution in [0, 0.1) is 0 Å². The van der Waals surface area contributed by atoms with Gasteiger partial charge in [-0.05, 0) is 38.5 Å². The van der Waals surface area contributed by atoms with Crippen LogP contribution in [0.5, 0.6) is 5.75 Å². The van der Waals surface area contributed by atoms with Gasteiger partial charge in [0.15, 0.2) is 0 Å². The van der Waals surface area contributed by atoms with Gasteiger partial charge in [0.05, 0.1) is 11.1 Å². The van der Waals surface area contributed by atoms with E-state index in [0.29, 0.717) is 22.3 Å². The Balaban J connectivity index is 2.15. The lowest BCUT2D eigenvalue weighted by Crippen LogP contribution is -2.19.